The molecule has 3 rings (SSSR count). The van der Waals surface area contributed by atoms with Crippen LogP contribution in [0.4, 0.5) is 0 Å². The summed E-state index contributed by atoms with van der Waals surface area (Å²) in [5.41, 5.74) is 3.10. The first-order chi connectivity index (χ1) is 12.2. The Morgan fingerprint density at radius 3 is 3.04 bits per heavy atom. The number of hydrogen-bond donors (Lipinski definition) is 1. The van der Waals surface area contributed by atoms with Gasteiger partial charge >= 0.3 is 0 Å². The van der Waals surface area contributed by atoms with Crippen molar-refractivity contribution in [2.45, 2.75) is 13.3 Å². The summed E-state index contributed by atoms with van der Waals surface area (Å²) in [6.45, 7) is 2.68. The number of hydrogen-bond acceptors (Lipinski definition) is 3. The number of fused-ring (bicyclic) bond motifs is 1. The average Bonchev–Trinajstić information content (AvgIpc) is 3.02. The summed E-state index contributed by atoms with van der Waals surface area (Å²) >= 11 is 6.15. The number of nitrogens with zero attached hydrogens (tertiary/aromatic N) is 2. The predicted molar refractivity (Wildman–Crippen MR) is 101 cm³/mol. The van der Waals surface area contributed by atoms with Crippen molar-refractivity contribution >= 4 is 28.6 Å². The highest BCUT2D eigenvalue weighted by molar-refractivity contribution is 6.32. The third-order valence-corrected chi connectivity index (χ3v) is 4.29. The number of pyridine rings is 1. The minimum atomic E-state index is 0.311. The molecule has 5 heteroatoms. The quantitative estimate of drug-likeness (QED) is 0.635. The van der Waals surface area contributed by atoms with Crippen LogP contribution in [0, 0.1) is 17.2 Å². The van der Waals surface area contributed by atoms with E-state index in [1.807, 2.05) is 18.2 Å². The Bertz CT molecular complexity index is 940. The van der Waals surface area contributed by atoms with Crippen molar-refractivity contribution in [3.63, 3.8) is 0 Å². The number of benzene rings is 1. The number of H-pyrrole nitrogens is 1. The highest BCUT2D eigenvalue weighted by atomic mass is 35.5. The van der Waals surface area contributed by atoms with Crippen LogP contribution in [-0.4, -0.2) is 16.6 Å². The van der Waals surface area contributed by atoms with Gasteiger partial charge in [0.2, 0.25) is 0 Å². The van der Waals surface area contributed by atoms with Gasteiger partial charge in [-0.2, -0.15) is 5.26 Å². The van der Waals surface area contributed by atoms with E-state index in [0.717, 1.165) is 11.9 Å². The average molecular weight is 352 g/mol. The Balaban J connectivity index is 1.69. The Hall–Kier alpha value is -2.77. The molecule has 2 heterocycles. The molecule has 1 aromatic carbocycles. The first-order valence-corrected chi connectivity index (χ1v) is 8.44. The SMILES string of the molecule is C[C@H](COc1cncc(Cl)c1/C=C/C#N)Cc1c[nH]c2ccccc12. The second-order valence-electron chi connectivity index (χ2n) is 5.98. The topological polar surface area (TPSA) is 61.7 Å². The van der Waals surface area contributed by atoms with Gasteiger partial charge in [0.05, 0.1) is 23.9 Å². The van der Waals surface area contributed by atoms with Gasteiger partial charge in [0.15, 0.2) is 0 Å². The van der Waals surface area contributed by atoms with Crippen LogP contribution < -0.4 is 4.74 Å². The van der Waals surface area contributed by atoms with Crippen LogP contribution in [0.5, 0.6) is 5.75 Å². The van der Waals surface area contributed by atoms with E-state index in [2.05, 4.69) is 35.2 Å². The normalized spacial score (nSPS) is 12.4. The predicted octanol–water partition coefficient (Wildman–Crippen LogP) is 5.01. The molecule has 126 valence electrons. The maximum Gasteiger partial charge on any atom is 0.146 e. The molecule has 3 aromatic rings. The maximum absolute atomic E-state index is 8.72. The summed E-state index contributed by atoms with van der Waals surface area (Å²) in [5.74, 6) is 0.899. The second kappa shape index (κ2) is 7.87. The van der Waals surface area contributed by atoms with Gasteiger partial charge in [0, 0.05) is 34.9 Å². The van der Waals surface area contributed by atoms with Gasteiger partial charge < -0.3 is 9.72 Å². The third kappa shape index (κ3) is 4.01. The molecule has 0 aliphatic carbocycles. The Labute approximate surface area is 151 Å². The monoisotopic (exact) mass is 351 g/mol. The third-order valence-electron chi connectivity index (χ3n) is 3.99. The van der Waals surface area contributed by atoms with Gasteiger partial charge in [-0.15, -0.1) is 0 Å². The van der Waals surface area contributed by atoms with E-state index in [0.29, 0.717) is 28.9 Å². The molecule has 2 aromatic heterocycles. The Morgan fingerprint density at radius 2 is 2.20 bits per heavy atom. The number of para-hydroxylation sites is 1. The lowest BCUT2D eigenvalue weighted by Crippen LogP contribution is -2.12. The van der Waals surface area contributed by atoms with Crippen LogP contribution in [0.25, 0.3) is 17.0 Å². The summed E-state index contributed by atoms with van der Waals surface area (Å²) in [5, 5.41) is 10.4. The molecule has 1 atom stereocenters. The van der Waals surface area contributed by atoms with E-state index >= 15 is 0 Å². The zero-order chi connectivity index (χ0) is 17.6. The lowest BCUT2D eigenvalue weighted by molar-refractivity contribution is 0.258. The van der Waals surface area contributed by atoms with Gasteiger partial charge in [-0.1, -0.05) is 36.7 Å². The van der Waals surface area contributed by atoms with E-state index in [1.165, 1.54) is 17.0 Å². The van der Waals surface area contributed by atoms with E-state index < -0.39 is 0 Å². The second-order valence-corrected chi connectivity index (χ2v) is 6.38. The van der Waals surface area contributed by atoms with Crippen molar-refractivity contribution in [1.29, 1.82) is 5.26 Å². The summed E-state index contributed by atoms with van der Waals surface area (Å²) < 4.78 is 5.92. The van der Waals surface area contributed by atoms with Crippen LogP contribution in [-0.2, 0) is 6.42 Å². The van der Waals surface area contributed by atoms with Crippen LogP contribution >= 0.6 is 11.6 Å². The number of halogens is 1. The molecule has 0 fully saturated rings. The number of nitriles is 1. The van der Waals surface area contributed by atoms with Crippen LogP contribution in [0.1, 0.15) is 18.1 Å². The van der Waals surface area contributed by atoms with Crippen molar-refractivity contribution in [2.24, 2.45) is 5.92 Å². The number of allylic oxidation sites excluding steroid dienone is 1. The van der Waals surface area contributed by atoms with Crippen molar-refractivity contribution < 1.29 is 4.74 Å². The van der Waals surface area contributed by atoms with Crippen molar-refractivity contribution in [3.8, 4) is 11.8 Å². The van der Waals surface area contributed by atoms with Crippen molar-refractivity contribution in [3.05, 3.63) is 65.1 Å². The summed E-state index contributed by atoms with van der Waals surface area (Å²) in [6.07, 6.45) is 9.15. The fourth-order valence-electron chi connectivity index (χ4n) is 2.79. The van der Waals surface area contributed by atoms with E-state index in [9.17, 15) is 0 Å². The smallest absolute Gasteiger partial charge is 0.146 e. The molecule has 0 amide bonds. The molecular formula is C20H18ClN3O. The molecule has 4 nitrogen and oxygen atoms in total. The van der Waals surface area contributed by atoms with Gasteiger partial charge in [-0.3, -0.25) is 4.98 Å². The van der Waals surface area contributed by atoms with E-state index in [-0.39, 0.29) is 0 Å². The summed E-state index contributed by atoms with van der Waals surface area (Å²) in [4.78, 5) is 7.37. The molecule has 1 N–H and O–H groups in total. The molecule has 0 saturated heterocycles. The number of nitrogens with one attached hydrogen (secondary N) is 1. The molecule has 0 spiro atoms. The number of rotatable bonds is 6. The highest BCUT2D eigenvalue weighted by Gasteiger charge is 2.11. The number of aromatic nitrogens is 2. The minimum absolute atomic E-state index is 0.311. The number of aromatic amines is 1. The lowest BCUT2D eigenvalue weighted by Gasteiger charge is -2.14. The van der Waals surface area contributed by atoms with Gasteiger partial charge in [-0.05, 0) is 30.0 Å². The molecular weight excluding hydrogens is 334 g/mol. The number of ether oxygens (including phenoxy) is 1. The van der Waals surface area contributed by atoms with Gasteiger partial charge in [0.25, 0.3) is 0 Å². The molecule has 0 radical (unpaired) electrons. The highest BCUT2D eigenvalue weighted by Crippen LogP contribution is 2.27. The minimum Gasteiger partial charge on any atom is -0.491 e. The standard InChI is InChI=1S/C20H18ClN3O/c1-14(9-15-10-24-19-7-3-2-5-16(15)19)13-25-20-12-23-11-18(21)17(20)6-4-8-22/h2-7,10-12,14,24H,9,13H2,1H3/b6-4+/t14-/m0/s1. The molecule has 0 bridgehead atoms. The first kappa shape index (κ1) is 17.1. The molecule has 0 saturated carbocycles. The molecule has 25 heavy (non-hydrogen) atoms. The fraction of sp³-hybridized carbons (Fsp3) is 0.200. The van der Waals surface area contributed by atoms with Crippen LogP contribution in [0.3, 0.4) is 0 Å². The van der Waals surface area contributed by atoms with Gasteiger partial charge in [0.1, 0.15) is 5.75 Å². The van der Waals surface area contributed by atoms with E-state index in [1.54, 1.807) is 18.5 Å². The zero-order valence-corrected chi connectivity index (χ0v) is 14.6. The lowest BCUT2D eigenvalue weighted by atomic mass is 10.0. The summed E-state index contributed by atoms with van der Waals surface area (Å²) in [6, 6.07) is 10.2. The van der Waals surface area contributed by atoms with Crippen molar-refractivity contribution in [2.75, 3.05) is 6.61 Å². The first-order valence-electron chi connectivity index (χ1n) is 8.06. The fourth-order valence-corrected chi connectivity index (χ4v) is 3.00. The molecule has 0 aliphatic heterocycles. The van der Waals surface area contributed by atoms with Gasteiger partial charge in [-0.25, -0.2) is 0 Å². The summed E-state index contributed by atoms with van der Waals surface area (Å²) in [7, 11) is 0. The largest absolute Gasteiger partial charge is 0.491 e. The molecule has 0 unspecified atom stereocenters. The molecule has 0 aliphatic rings. The Morgan fingerprint density at radius 1 is 1.36 bits per heavy atom. The zero-order valence-electron chi connectivity index (χ0n) is 13.9. The van der Waals surface area contributed by atoms with Crippen LogP contribution in [0.2, 0.25) is 5.02 Å². The van der Waals surface area contributed by atoms with Crippen molar-refractivity contribution in [1.82, 2.24) is 9.97 Å². The maximum atomic E-state index is 8.72. The van der Waals surface area contributed by atoms with Crippen LogP contribution in [0.15, 0.2) is 48.9 Å². The Kier molecular flexibility index (Phi) is 5.37. The van der Waals surface area contributed by atoms with E-state index in [4.69, 9.17) is 21.6 Å².